The van der Waals surface area contributed by atoms with Crippen molar-refractivity contribution in [2.24, 2.45) is 5.41 Å². The Morgan fingerprint density at radius 2 is 1.78 bits per heavy atom. The Kier molecular flexibility index (Phi) is 3.72. The van der Waals surface area contributed by atoms with Gasteiger partial charge in [-0.25, -0.2) is 4.79 Å². The molecule has 27 heavy (non-hydrogen) atoms. The molecule has 0 aromatic heterocycles. The normalized spacial score (nSPS) is 39.3. The van der Waals surface area contributed by atoms with Crippen molar-refractivity contribution in [1.29, 1.82) is 0 Å². The van der Waals surface area contributed by atoms with Crippen LogP contribution in [0.25, 0.3) is 0 Å². The zero-order valence-electron chi connectivity index (χ0n) is 16.8. The lowest BCUT2D eigenvalue weighted by molar-refractivity contribution is -0.0335. The van der Waals surface area contributed by atoms with Gasteiger partial charge >= 0.3 is 6.03 Å². The van der Waals surface area contributed by atoms with Crippen molar-refractivity contribution < 1.29 is 9.90 Å². The number of aliphatic hydroxyl groups excluding tert-OH is 1. The van der Waals surface area contributed by atoms with Crippen LogP contribution in [0.2, 0.25) is 0 Å². The van der Waals surface area contributed by atoms with Crippen molar-refractivity contribution in [2.45, 2.75) is 88.9 Å². The van der Waals surface area contributed by atoms with E-state index in [4.69, 9.17) is 0 Å². The molecule has 4 bridgehead atoms. The molecule has 5 rings (SSSR count). The summed E-state index contributed by atoms with van der Waals surface area (Å²) in [6.45, 7) is 7.97. The number of hydrogen-bond acceptors (Lipinski definition) is 2. The van der Waals surface area contributed by atoms with Gasteiger partial charge in [0.15, 0.2) is 0 Å². The summed E-state index contributed by atoms with van der Waals surface area (Å²) in [7, 11) is 0. The number of rotatable bonds is 0. The lowest BCUT2D eigenvalue weighted by Gasteiger charge is -2.61. The van der Waals surface area contributed by atoms with Gasteiger partial charge in [0.25, 0.3) is 0 Å². The molecule has 5 atom stereocenters. The number of urea groups is 1. The van der Waals surface area contributed by atoms with E-state index >= 15 is 0 Å². The number of nitrogens with zero attached hydrogens (tertiary/aromatic N) is 2. The summed E-state index contributed by atoms with van der Waals surface area (Å²) in [4.78, 5) is 18.0. The molecule has 4 nitrogen and oxygen atoms in total. The zero-order chi connectivity index (χ0) is 19.0. The van der Waals surface area contributed by atoms with E-state index < -0.39 is 0 Å². The number of amides is 2. The molecule has 2 amide bonds. The molecule has 3 fully saturated rings. The average molecular weight is 369 g/mol. The molecule has 3 heterocycles. The topological polar surface area (TPSA) is 43.8 Å². The average Bonchev–Trinajstić information content (AvgIpc) is 2.89. The molecule has 1 aliphatic carbocycles. The van der Waals surface area contributed by atoms with E-state index in [1.165, 1.54) is 11.1 Å². The zero-order valence-corrected chi connectivity index (χ0v) is 16.8. The predicted octanol–water partition coefficient (Wildman–Crippen LogP) is 3.71. The molecule has 146 valence electrons. The Morgan fingerprint density at radius 3 is 2.48 bits per heavy atom. The van der Waals surface area contributed by atoms with Crippen molar-refractivity contribution in [1.82, 2.24) is 9.80 Å². The van der Waals surface area contributed by atoms with Gasteiger partial charge in [-0.3, -0.25) is 0 Å². The first kappa shape index (κ1) is 17.5. The van der Waals surface area contributed by atoms with E-state index in [1.54, 1.807) is 0 Å². The van der Waals surface area contributed by atoms with Crippen molar-refractivity contribution in [3.8, 4) is 0 Å². The fourth-order valence-electron chi connectivity index (χ4n) is 6.71. The van der Waals surface area contributed by atoms with E-state index in [1.807, 2.05) is 0 Å². The minimum atomic E-state index is -0.228. The van der Waals surface area contributed by atoms with Crippen LogP contribution < -0.4 is 0 Å². The van der Waals surface area contributed by atoms with Gasteiger partial charge in [-0.15, -0.1) is 0 Å². The number of carbonyl (C=O) groups excluding carboxylic acids is 1. The summed E-state index contributed by atoms with van der Waals surface area (Å²) < 4.78 is 0. The third-order valence-electron chi connectivity index (χ3n) is 8.68. The molecule has 3 aliphatic heterocycles. The summed E-state index contributed by atoms with van der Waals surface area (Å²) in [5, 5.41) is 10.1. The number of piperidine rings is 2. The lowest BCUT2D eigenvalue weighted by atomic mass is 9.51. The fourth-order valence-corrected chi connectivity index (χ4v) is 6.71. The minimum Gasteiger partial charge on any atom is -0.393 e. The Labute approximate surface area is 162 Å². The van der Waals surface area contributed by atoms with Crippen LogP contribution in [0.3, 0.4) is 0 Å². The molecule has 0 radical (unpaired) electrons. The van der Waals surface area contributed by atoms with Crippen molar-refractivity contribution >= 4 is 6.03 Å². The Morgan fingerprint density at radius 1 is 1.11 bits per heavy atom. The molecule has 4 aliphatic rings. The highest BCUT2D eigenvalue weighted by molar-refractivity contribution is 5.77. The third kappa shape index (κ3) is 2.28. The maximum atomic E-state index is 13.7. The van der Waals surface area contributed by atoms with Gasteiger partial charge in [0.05, 0.1) is 6.10 Å². The largest absolute Gasteiger partial charge is 0.393 e. The van der Waals surface area contributed by atoms with Crippen molar-refractivity contribution in [2.75, 3.05) is 6.54 Å². The molecule has 1 aromatic carbocycles. The summed E-state index contributed by atoms with van der Waals surface area (Å²) in [5.41, 5.74) is 3.06. The first-order valence-electron chi connectivity index (χ1n) is 10.7. The monoisotopic (exact) mass is 368 g/mol. The van der Waals surface area contributed by atoms with Crippen LogP contribution in [-0.4, -0.2) is 51.7 Å². The van der Waals surface area contributed by atoms with Gasteiger partial charge in [0, 0.05) is 30.1 Å². The van der Waals surface area contributed by atoms with Crippen LogP contribution in [0.4, 0.5) is 4.79 Å². The third-order valence-corrected chi connectivity index (χ3v) is 8.68. The minimum absolute atomic E-state index is 0.0452. The molecular weight excluding hydrogens is 336 g/mol. The van der Waals surface area contributed by atoms with Gasteiger partial charge in [-0.2, -0.15) is 0 Å². The predicted molar refractivity (Wildman–Crippen MR) is 106 cm³/mol. The van der Waals surface area contributed by atoms with Crippen molar-refractivity contribution in [3.63, 3.8) is 0 Å². The molecule has 0 unspecified atom stereocenters. The number of hydrogen-bond donors (Lipinski definition) is 1. The standard InChI is InChI=1S/C23H32N2O2/c1-22(2)20-12-15-6-4-5-7-19(15)23(22,3)10-11-24(20)21(27)25-16-8-9-17(25)14-18(26)13-16/h4-7,16-18,20,26H,8-14H2,1-3H3/t16-,17+,18-,20-,23+/m1/s1. The van der Waals surface area contributed by atoms with Gasteiger partial charge in [-0.1, -0.05) is 45.0 Å². The molecule has 4 heteroatoms. The number of aliphatic hydroxyl groups is 1. The molecule has 0 spiro atoms. The SMILES string of the molecule is CC1(C)[C@H]2Cc3ccccc3[C@]1(C)CCN2C(=O)N1[C@@H]2CC[C@H]1C[C@H](O)C2. The van der Waals surface area contributed by atoms with E-state index in [-0.39, 0.29) is 41.1 Å². The second-order valence-electron chi connectivity index (χ2n) is 10.1. The highest BCUT2D eigenvalue weighted by Crippen LogP contribution is 2.56. The van der Waals surface area contributed by atoms with Crippen LogP contribution in [-0.2, 0) is 11.8 Å². The highest BCUT2D eigenvalue weighted by atomic mass is 16.3. The van der Waals surface area contributed by atoms with E-state index in [0.717, 1.165) is 45.1 Å². The number of likely N-dealkylation sites (tertiary alicyclic amines) is 1. The van der Waals surface area contributed by atoms with E-state index in [9.17, 15) is 9.90 Å². The smallest absolute Gasteiger partial charge is 0.320 e. The number of carbonyl (C=O) groups is 1. The molecule has 1 N–H and O–H groups in total. The summed E-state index contributed by atoms with van der Waals surface area (Å²) >= 11 is 0. The van der Waals surface area contributed by atoms with Gasteiger partial charge in [-0.05, 0) is 55.1 Å². The fraction of sp³-hybridized carbons (Fsp3) is 0.696. The molecule has 0 saturated carbocycles. The first-order valence-corrected chi connectivity index (χ1v) is 10.7. The van der Waals surface area contributed by atoms with Crippen LogP contribution in [0.15, 0.2) is 24.3 Å². The Hall–Kier alpha value is -1.55. The summed E-state index contributed by atoms with van der Waals surface area (Å²) in [6.07, 6.45) is 5.36. The van der Waals surface area contributed by atoms with Gasteiger partial charge in [0.2, 0.25) is 0 Å². The Balaban J connectivity index is 1.49. The van der Waals surface area contributed by atoms with E-state index in [2.05, 4.69) is 54.8 Å². The second-order valence-corrected chi connectivity index (χ2v) is 10.1. The maximum absolute atomic E-state index is 13.7. The van der Waals surface area contributed by atoms with Gasteiger partial charge in [0.1, 0.15) is 0 Å². The lowest BCUT2D eigenvalue weighted by Crippen LogP contribution is -2.67. The van der Waals surface area contributed by atoms with Crippen LogP contribution >= 0.6 is 0 Å². The Bertz CT molecular complexity index is 761. The highest BCUT2D eigenvalue weighted by Gasteiger charge is 2.58. The quantitative estimate of drug-likeness (QED) is 0.759. The van der Waals surface area contributed by atoms with Gasteiger partial charge < -0.3 is 14.9 Å². The molecular formula is C23H32N2O2. The van der Waals surface area contributed by atoms with Crippen LogP contribution in [0, 0.1) is 5.41 Å². The summed E-state index contributed by atoms with van der Waals surface area (Å²) in [6, 6.07) is 9.79. The summed E-state index contributed by atoms with van der Waals surface area (Å²) in [5.74, 6) is 0. The number of fused-ring (bicyclic) bond motifs is 6. The van der Waals surface area contributed by atoms with Crippen LogP contribution in [0.5, 0.6) is 0 Å². The first-order chi connectivity index (χ1) is 12.8. The molecule has 3 saturated heterocycles. The van der Waals surface area contributed by atoms with Crippen molar-refractivity contribution in [3.05, 3.63) is 35.4 Å². The number of benzene rings is 1. The van der Waals surface area contributed by atoms with Crippen LogP contribution in [0.1, 0.15) is 64.0 Å². The maximum Gasteiger partial charge on any atom is 0.320 e. The van der Waals surface area contributed by atoms with E-state index in [0.29, 0.717) is 0 Å². The second kappa shape index (κ2) is 5.73. The molecule has 1 aromatic rings.